The molecule has 166 valence electrons. The average Bonchev–Trinajstić information content (AvgIpc) is 3.44. The Balaban J connectivity index is 1.67. The first kappa shape index (κ1) is 22.0. The van der Waals surface area contributed by atoms with Crippen molar-refractivity contribution in [1.29, 1.82) is 0 Å². The number of anilines is 1. The minimum atomic E-state index is -3.39. The largest absolute Gasteiger partial charge is 0.459 e. The predicted molar refractivity (Wildman–Crippen MR) is 120 cm³/mol. The van der Waals surface area contributed by atoms with Crippen molar-refractivity contribution < 1.29 is 22.0 Å². The predicted octanol–water partition coefficient (Wildman–Crippen LogP) is 4.83. The first-order valence-corrected chi connectivity index (χ1v) is 11.8. The van der Waals surface area contributed by atoms with Gasteiger partial charge in [-0.25, -0.2) is 17.8 Å². The third kappa shape index (κ3) is 4.53. The summed E-state index contributed by atoms with van der Waals surface area (Å²) in [4.78, 5) is 13.0. The lowest BCUT2D eigenvalue weighted by Gasteiger charge is -2.22. The van der Waals surface area contributed by atoms with Gasteiger partial charge in [-0.15, -0.1) is 0 Å². The number of carbonyl (C=O) groups is 1. The summed E-state index contributed by atoms with van der Waals surface area (Å²) in [5, 5.41) is 5.97. The molecular formula is C22H19ClFN3O4S. The zero-order valence-electron chi connectivity index (χ0n) is 17.0. The van der Waals surface area contributed by atoms with E-state index >= 15 is 0 Å². The Kier molecular flexibility index (Phi) is 6.03. The Morgan fingerprint density at radius 2 is 2.00 bits per heavy atom. The lowest BCUT2D eigenvalue weighted by Crippen LogP contribution is -2.27. The van der Waals surface area contributed by atoms with E-state index in [1.807, 2.05) is 0 Å². The van der Waals surface area contributed by atoms with Crippen molar-refractivity contribution >= 4 is 38.9 Å². The van der Waals surface area contributed by atoms with E-state index in [1.165, 1.54) is 35.5 Å². The number of halogens is 2. The summed E-state index contributed by atoms with van der Waals surface area (Å²) in [6, 6.07) is 13.3. The molecular weight excluding hydrogens is 457 g/mol. The van der Waals surface area contributed by atoms with Crippen LogP contribution in [0.4, 0.5) is 10.1 Å². The molecule has 1 aliphatic rings. The highest BCUT2D eigenvalue weighted by Gasteiger charge is 2.35. The van der Waals surface area contributed by atoms with Crippen LogP contribution in [0.15, 0.2) is 70.4 Å². The van der Waals surface area contributed by atoms with E-state index in [-0.39, 0.29) is 16.5 Å². The average molecular weight is 476 g/mol. The van der Waals surface area contributed by atoms with Gasteiger partial charge >= 0.3 is 5.91 Å². The van der Waals surface area contributed by atoms with Crippen molar-refractivity contribution in [1.82, 2.24) is 5.01 Å². The van der Waals surface area contributed by atoms with Gasteiger partial charge in [0.1, 0.15) is 5.82 Å². The molecule has 1 aliphatic heterocycles. The number of hydrazone groups is 1. The van der Waals surface area contributed by atoms with Crippen LogP contribution in [0.5, 0.6) is 0 Å². The maximum atomic E-state index is 13.6. The molecule has 0 spiro atoms. The highest BCUT2D eigenvalue weighted by atomic mass is 35.5. The summed E-state index contributed by atoms with van der Waals surface area (Å²) in [7, 11) is -3.39. The molecule has 2 heterocycles. The molecule has 1 aromatic heterocycles. The van der Waals surface area contributed by atoms with Crippen LogP contribution >= 0.6 is 11.6 Å². The highest BCUT2D eigenvalue weighted by Crippen LogP contribution is 2.37. The number of nitrogens with zero attached hydrogens (tertiary/aromatic N) is 2. The molecule has 1 amide bonds. The topological polar surface area (TPSA) is 92.0 Å². The Bertz CT molecular complexity index is 1280. The van der Waals surface area contributed by atoms with Gasteiger partial charge in [0.15, 0.2) is 5.76 Å². The molecule has 32 heavy (non-hydrogen) atoms. The maximum Gasteiger partial charge on any atom is 0.310 e. The Hall–Kier alpha value is -3.17. The van der Waals surface area contributed by atoms with Gasteiger partial charge in [0.25, 0.3) is 0 Å². The van der Waals surface area contributed by atoms with Crippen molar-refractivity contribution in [2.75, 3.05) is 10.5 Å². The Morgan fingerprint density at radius 3 is 2.62 bits per heavy atom. The van der Waals surface area contributed by atoms with Crippen molar-refractivity contribution in [2.45, 2.75) is 19.4 Å². The molecule has 0 aliphatic carbocycles. The highest BCUT2D eigenvalue weighted by molar-refractivity contribution is 7.92. The van der Waals surface area contributed by atoms with Crippen LogP contribution in [-0.4, -0.2) is 30.8 Å². The fourth-order valence-electron chi connectivity index (χ4n) is 3.38. The monoisotopic (exact) mass is 475 g/mol. The minimum Gasteiger partial charge on any atom is -0.459 e. The van der Waals surface area contributed by atoms with E-state index in [2.05, 4.69) is 9.82 Å². The van der Waals surface area contributed by atoms with Gasteiger partial charge in [0.2, 0.25) is 10.0 Å². The maximum absolute atomic E-state index is 13.6. The first-order valence-electron chi connectivity index (χ1n) is 9.78. The third-order valence-electron chi connectivity index (χ3n) is 5.04. The molecule has 2 aromatic carbocycles. The van der Waals surface area contributed by atoms with Gasteiger partial charge in [-0.05, 0) is 54.4 Å². The summed E-state index contributed by atoms with van der Waals surface area (Å²) in [5.74, 6) is -0.858. The summed E-state index contributed by atoms with van der Waals surface area (Å²) in [5.41, 5.74) is 2.29. The number of rotatable bonds is 6. The summed E-state index contributed by atoms with van der Waals surface area (Å²) in [6.07, 6.45) is 1.72. The van der Waals surface area contributed by atoms with Gasteiger partial charge < -0.3 is 4.42 Å². The van der Waals surface area contributed by atoms with Crippen LogP contribution in [-0.2, 0) is 10.0 Å². The van der Waals surface area contributed by atoms with E-state index in [0.717, 1.165) is 0 Å². The summed E-state index contributed by atoms with van der Waals surface area (Å²) < 4.78 is 44.8. The third-order valence-corrected chi connectivity index (χ3v) is 6.68. The van der Waals surface area contributed by atoms with E-state index in [4.69, 9.17) is 16.0 Å². The van der Waals surface area contributed by atoms with Gasteiger partial charge in [-0.1, -0.05) is 29.8 Å². The normalized spacial score (nSPS) is 16.2. The quantitative estimate of drug-likeness (QED) is 0.553. The lowest BCUT2D eigenvalue weighted by molar-refractivity contribution is 0.0678. The van der Waals surface area contributed by atoms with Crippen LogP contribution in [0.25, 0.3) is 0 Å². The summed E-state index contributed by atoms with van der Waals surface area (Å²) >= 11 is 6.28. The molecule has 0 radical (unpaired) electrons. The SMILES string of the molecule is CCS(=O)(=O)Nc1ccc(C2=NN(C(=O)c3ccco3)[C@H](c3ccc(F)cc3Cl)C2)cc1. The standard InChI is InChI=1S/C22H19ClFN3O4S/c1-2-32(29,30)26-16-8-5-14(6-9-16)19-13-20(17-10-7-15(24)12-18(17)23)27(25-19)22(28)21-4-3-11-31-21/h3-12,20,26H,2,13H2,1H3/t20-/m0/s1. The van der Waals surface area contributed by atoms with Gasteiger partial charge in [0, 0.05) is 17.1 Å². The number of furan rings is 1. The molecule has 0 fully saturated rings. The van der Waals surface area contributed by atoms with E-state index < -0.39 is 27.8 Å². The Labute approximate surface area is 189 Å². The first-order chi connectivity index (χ1) is 15.3. The second-order valence-corrected chi connectivity index (χ2v) is 9.56. The van der Waals surface area contributed by atoms with Gasteiger partial charge in [-0.3, -0.25) is 9.52 Å². The van der Waals surface area contributed by atoms with E-state index in [1.54, 1.807) is 37.3 Å². The molecule has 3 aromatic rings. The van der Waals surface area contributed by atoms with Crippen molar-refractivity contribution in [3.63, 3.8) is 0 Å². The molecule has 0 saturated heterocycles. The second kappa shape index (κ2) is 8.76. The van der Waals surface area contributed by atoms with Crippen LogP contribution in [0.2, 0.25) is 5.02 Å². The number of nitrogens with one attached hydrogen (secondary N) is 1. The zero-order valence-corrected chi connectivity index (χ0v) is 18.5. The minimum absolute atomic E-state index is 0.0363. The van der Waals surface area contributed by atoms with Crippen LogP contribution in [0.3, 0.4) is 0 Å². The number of carbonyl (C=O) groups excluding carboxylic acids is 1. The number of benzene rings is 2. The zero-order chi connectivity index (χ0) is 22.9. The lowest BCUT2D eigenvalue weighted by atomic mass is 9.98. The molecule has 7 nitrogen and oxygen atoms in total. The van der Waals surface area contributed by atoms with Crippen molar-refractivity contribution in [3.05, 3.63) is 88.6 Å². The fraction of sp³-hybridized carbons (Fsp3) is 0.182. The smallest absolute Gasteiger partial charge is 0.310 e. The Morgan fingerprint density at radius 1 is 1.25 bits per heavy atom. The van der Waals surface area contributed by atoms with Crippen LogP contribution in [0, 0.1) is 5.82 Å². The van der Waals surface area contributed by atoms with Gasteiger partial charge in [0.05, 0.1) is 23.8 Å². The fourth-order valence-corrected chi connectivity index (χ4v) is 4.31. The van der Waals surface area contributed by atoms with Crippen molar-refractivity contribution in [3.8, 4) is 0 Å². The van der Waals surface area contributed by atoms with Crippen LogP contribution < -0.4 is 4.72 Å². The molecule has 4 rings (SSSR count). The second-order valence-electron chi connectivity index (χ2n) is 7.14. The number of hydrogen-bond donors (Lipinski definition) is 1. The molecule has 0 unspecified atom stereocenters. The molecule has 0 saturated carbocycles. The molecule has 1 N–H and O–H groups in total. The number of amides is 1. The molecule has 10 heteroatoms. The number of hydrogen-bond acceptors (Lipinski definition) is 5. The van der Waals surface area contributed by atoms with E-state index in [0.29, 0.717) is 28.9 Å². The summed E-state index contributed by atoms with van der Waals surface area (Å²) in [6.45, 7) is 1.55. The molecule has 0 bridgehead atoms. The van der Waals surface area contributed by atoms with Gasteiger partial charge in [-0.2, -0.15) is 5.10 Å². The van der Waals surface area contributed by atoms with E-state index in [9.17, 15) is 17.6 Å². The molecule has 1 atom stereocenters. The number of sulfonamides is 1. The van der Waals surface area contributed by atoms with Crippen molar-refractivity contribution in [2.24, 2.45) is 5.10 Å². The van der Waals surface area contributed by atoms with Crippen LogP contribution in [0.1, 0.15) is 41.1 Å².